The number of β-amino-alcohol motifs (C(OH)–C–C–N with tert-alkyl or cyclic N) is 1. The Bertz CT molecular complexity index is 612. The van der Waals surface area contributed by atoms with Crippen molar-refractivity contribution >= 4 is 0 Å². The third-order valence-electron chi connectivity index (χ3n) is 4.74. The van der Waals surface area contributed by atoms with Gasteiger partial charge in [0, 0.05) is 19.1 Å². The summed E-state index contributed by atoms with van der Waals surface area (Å²) in [4.78, 5) is 2.45. The summed E-state index contributed by atoms with van der Waals surface area (Å²) in [5.74, 6) is 0. The molecule has 0 aromatic heterocycles. The highest BCUT2D eigenvalue weighted by Gasteiger charge is 2.31. The van der Waals surface area contributed by atoms with Gasteiger partial charge in [0.2, 0.25) is 0 Å². The van der Waals surface area contributed by atoms with Gasteiger partial charge < -0.3 is 5.11 Å². The highest BCUT2D eigenvalue weighted by Crippen LogP contribution is 2.32. The summed E-state index contributed by atoms with van der Waals surface area (Å²) in [6, 6.07) is 17.6. The molecular weight excluding hydrogens is 246 g/mol. The third-order valence-corrected chi connectivity index (χ3v) is 4.74. The van der Waals surface area contributed by atoms with Crippen molar-refractivity contribution in [3.8, 4) is 0 Å². The highest BCUT2D eigenvalue weighted by atomic mass is 16.3. The van der Waals surface area contributed by atoms with Gasteiger partial charge in [0.1, 0.15) is 0 Å². The Labute approximate surface area is 119 Å². The summed E-state index contributed by atoms with van der Waals surface area (Å²) in [5, 5.41) is 10.4. The molecule has 2 aliphatic rings. The Balaban J connectivity index is 1.58. The minimum atomic E-state index is -0.344. The van der Waals surface area contributed by atoms with Crippen LogP contribution >= 0.6 is 0 Å². The lowest BCUT2D eigenvalue weighted by Gasteiger charge is -2.36. The van der Waals surface area contributed by atoms with Crippen molar-refractivity contribution in [1.82, 2.24) is 4.90 Å². The van der Waals surface area contributed by atoms with Gasteiger partial charge in [-0.05, 0) is 35.1 Å². The number of fused-ring (bicyclic) bond motifs is 2. The van der Waals surface area contributed by atoms with Crippen molar-refractivity contribution in [2.75, 3.05) is 6.54 Å². The van der Waals surface area contributed by atoms with Crippen LogP contribution in [-0.4, -0.2) is 22.6 Å². The van der Waals surface area contributed by atoms with Crippen LogP contribution < -0.4 is 0 Å². The Morgan fingerprint density at radius 1 is 0.850 bits per heavy atom. The molecule has 0 spiro atoms. The van der Waals surface area contributed by atoms with Crippen LogP contribution in [0.25, 0.3) is 0 Å². The fraction of sp³-hybridized carbons (Fsp3) is 0.333. The quantitative estimate of drug-likeness (QED) is 0.857. The topological polar surface area (TPSA) is 23.5 Å². The average molecular weight is 265 g/mol. The van der Waals surface area contributed by atoms with Gasteiger partial charge in [-0.3, -0.25) is 4.90 Å². The van der Waals surface area contributed by atoms with Crippen LogP contribution in [0.3, 0.4) is 0 Å². The molecule has 2 heteroatoms. The molecule has 0 fully saturated rings. The summed E-state index contributed by atoms with van der Waals surface area (Å²) < 4.78 is 0. The molecule has 0 radical (unpaired) electrons. The number of hydrogen-bond donors (Lipinski definition) is 1. The molecule has 0 unspecified atom stereocenters. The maximum Gasteiger partial charge on any atom is 0.0920 e. The van der Waals surface area contributed by atoms with Crippen molar-refractivity contribution in [3.05, 3.63) is 70.8 Å². The number of aliphatic hydroxyl groups is 1. The number of rotatable bonds is 1. The molecular formula is C18H19NO. The van der Waals surface area contributed by atoms with Gasteiger partial charge >= 0.3 is 0 Å². The predicted molar refractivity (Wildman–Crippen MR) is 79.4 cm³/mol. The summed E-state index contributed by atoms with van der Waals surface area (Å²) in [6.45, 7) is 1.72. The Morgan fingerprint density at radius 2 is 1.45 bits per heavy atom. The molecule has 1 atom stereocenters. The van der Waals surface area contributed by atoms with E-state index in [4.69, 9.17) is 0 Å². The lowest BCUT2D eigenvalue weighted by Crippen LogP contribution is -2.41. The number of aliphatic hydroxyl groups excluding tert-OH is 1. The smallest absolute Gasteiger partial charge is 0.0920 e. The summed E-state index contributed by atoms with van der Waals surface area (Å²) in [7, 11) is 0. The largest absolute Gasteiger partial charge is 0.387 e. The molecule has 0 saturated carbocycles. The van der Waals surface area contributed by atoms with Gasteiger partial charge in [-0.1, -0.05) is 48.5 Å². The molecule has 2 nitrogen and oxygen atoms in total. The molecule has 2 aromatic carbocycles. The van der Waals surface area contributed by atoms with Crippen molar-refractivity contribution in [3.63, 3.8) is 0 Å². The second kappa shape index (κ2) is 4.72. The van der Waals surface area contributed by atoms with E-state index >= 15 is 0 Å². The standard InChI is InChI=1S/C18H19NO/c20-18-12-19(11-15-7-3-4-8-17(15)18)16-9-13-5-1-2-6-14(13)10-16/h1-8,16,18,20H,9-12H2/t18-/m0/s1. The number of benzene rings is 2. The van der Waals surface area contributed by atoms with Crippen LogP contribution in [0.15, 0.2) is 48.5 Å². The monoisotopic (exact) mass is 265 g/mol. The lowest BCUT2D eigenvalue weighted by molar-refractivity contribution is 0.0675. The van der Waals surface area contributed by atoms with Gasteiger partial charge in [-0.25, -0.2) is 0 Å². The van der Waals surface area contributed by atoms with Gasteiger partial charge in [0.05, 0.1) is 6.10 Å². The third kappa shape index (κ3) is 1.96. The zero-order valence-corrected chi connectivity index (χ0v) is 11.5. The molecule has 0 bridgehead atoms. The predicted octanol–water partition coefficient (Wildman–Crippen LogP) is 2.70. The van der Waals surface area contributed by atoms with Gasteiger partial charge in [0.15, 0.2) is 0 Å². The molecule has 0 amide bonds. The average Bonchev–Trinajstić information content (AvgIpc) is 2.91. The molecule has 2 aromatic rings. The van der Waals surface area contributed by atoms with Crippen LogP contribution in [0.4, 0.5) is 0 Å². The van der Waals surface area contributed by atoms with Gasteiger partial charge in [-0.15, -0.1) is 0 Å². The molecule has 102 valence electrons. The first-order valence-corrected chi connectivity index (χ1v) is 7.38. The van der Waals surface area contributed by atoms with Crippen molar-refractivity contribution < 1.29 is 5.11 Å². The fourth-order valence-electron chi connectivity index (χ4n) is 3.68. The second-order valence-corrected chi connectivity index (χ2v) is 5.97. The highest BCUT2D eigenvalue weighted by molar-refractivity contribution is 5.35. The van der Waals surface area contributed by atoms with Crippen LogP contribution in [0.1, 0.15) is 28.4 Å². The van der Waals surface area contributed by atoms with Crippen molar-refractivity contribution in [2.24, 2.45) is 0 Å². The van der Waals surface area contributed by atoms with Gasteiger partial charge in [0.25, 0.3) is 0 Å². The maximum absolute atomic E-state index is 10.4. The summed E-state index contributed by atoms with van der Waals surface area (Å²) in [5.41, 5.74) is 5.35. The van der Waals surface area contributed by atoms with Crippen molar-refractivity contribution in [1.29, 1.82) is 0 Å². The van der Waals surface area contributed by atoms with E-state index in [9.17, 15) is 5.11 Å². The zero-order valence-electron chi connectivity index (χ0n) is 11.5. The lowest BCUT2D eigenvalue weighted by atomic mass is 9.96. The number of hydrogen-bond acceptors (Lipinski definition) is 2. The first-order chi connectivity index (χ1) is 9.81. The molecule has 1 heterocycles. The minimum Gasteiger partial charge on any atom is -0.387 e. The first-order valence-electron chi connectivity index (χ1n) is 7.38. The van der Waals surface area contributed by atoms with E-state index in [2.05, 4.69) is 47.4 Å². The van der Waals surface area contributed by atoms with E-state index in [1.807, 2.05) is 6.07 Å². The van der Waals surface area contributed by atoms with E-state index in [1.165, 1.54) is 16.7 Å². The van der Waals surface area contributed by atoms with Crippen molar-refractivity contribution in [2.45, 2.75) is 31.5 Å². The first kappa shape index (κ1) is 12.1. The van der Waals surface area contributed by atoms with Crippen LogP contribution in [-0.2, 0) is 19.4 Å². The van der Waals surface area contributed by atoms with Crippen LogP contribution in [0.2, 0.25) is 0 Å². The van der Waals surface area contributed by atoms with E-state index in [-0.39, 0.29) is 6.10 Å². The Hall–Kier alpha value is -1.64. The Morgan fingerprint density at radius 3 is 2.15 bits per heavy atom. The van der Waals surface area contributed by atoms with Gasteiger partial charge in [-0.2, -0.15) is 0 Å². The SMILES string of the molecule is O[C@H]1CN(C2Cc3ccccc3C2)Cc2ccccc21. The fourth-order valence-corrected chi connectivity index (χ4v) is 3.68. The molecule has 4 rings (SSSR count). The molecule has 1 N–H and O–H groups in total. The summed E-state index contributed by atoms with van der Waals surface area (Å²) in [6.07, 6.45) is 1.89. The maximum atomic E-state index is 10.4. The Kier molecular flexibility index (Phi) is 2.86. The van der Waals surface area contributed by atoms with E-state index in [0.29, 0.717) is 6.04 Å². The normalized spacial score (nSPS) is 22.6. The summed E-state index contributed by atoms with van der Waals surface area (Å²) >= 11 is 0. The van der Waals surface area contributed by atoms with E-state index in [0.717, 1.165) is 31.5 Å². The van der Waals surface area contributed by atoms with E-state index in [1.54, 1.807) is 0 Å². The molecule has 20 heavy (non-hydrogen) atoms. The van der Waals surface area contributed by atoms with E-state index < -0.39 is 0 Å². The van der Waals surface area contributed by atoms with Crippen LogP contribution in [0.5, 0.6) is 0 Å². The zero-order chi connectivity index (χ0) is 13.5. The molecule has 0 saturated heterocycles. The van der Waals surface area contributed by atoms with Crippen LogP contribution in [0, 0.1) is 0 Å². The molecule has 1 aliphatic carbocycles. The minimum absolute atomic E-state index is 0.344. The second-order valence-electron chi connectivity index (χ2n) is 5.97. The number of nitrogens with zero attached hydrogens (tertiary/aromatic N) is 1. The molecule has 1 aliphatic heterocycles.